The summed E-state index contributed by atoms with van der Waals surface area (Å²) >= 11 is 0. The molecule has 2 aromatic heterocycles. The number of aromatic amines is 1. The van der Waals surface area contributed by atoms with E-state index in [4.69, 9.17) is 9.66 Å². The molecule has 0 aliphatic rings. The first kappa shape index (κ1) is 18.2. The van der Waals surface area contributed by atoms with Crippen molar-refractivity contribution in [2.24, 2.45) is 0 Å². The van der Waals surface area contributed by atoms with Crippen LogP contribution in [0.1, 0.15) is 10.4 Å². The van der Waals surface area contributed by atoms with E-state index in [-0.39, 0.29) is 22.4 Å². The van der Waals surface area contributed by atoms with Crippen LogP contribution in [0.15, 0.2) is 58.5 Å². The summed E-state index contributed by atoms with van der Waals surface area (Å²) in [7, 11) is -4.32. The number of carboxylic acid groups (broad SMARTS) is 1. The molecule has 0 aliphatic carbocycles. The van der Waals surface area contributed by atoms with E-state index in [1.807, 2.05) is 0 Å². The summed E-state index contributed by atoms with van der Waals surface area (Å²) < 4.78 is 32.3. The zero-order chi connectivity index (χ0) is 19.6. The number of rotatable bonds is 5. The Labute approximate surface area is 151 Å². The summed E-state index contributed by atoms with van der Waals surface area (Å²) in [5.41, 5.74) is -0.367. The summed E-state index contributed by atoms with van der Waals surface area (Å²) in [5.74, 6) is -1.22. The monoisotopic (exact) mass is 390 g/mol. The van der Waals surface area contributed by atoms with Crippen molar-refractivity contribution in [1.29, 1.82) is 0 Å². The molecule has 0 aliphatic heterocycles. The Balaban J connectivity index is 1.93. The average Bonchev–Trinajstić information content (AvgIpc) is 2.61. The molecular weight excluding hydrogens is 378 g/mol. The average molecular weight is 390 g/mol. The van der Waals surface area contributed by atoms with Gasteiger partial charge in [-0.05, 0) is 46.4 Å². The van der Waals surface area contributed by atoms with Gasteiger partial charge in [-0.25, -0.2) is 19.1 Å². The lowest BCUT2D eigenvalue weighted by Crippen LogP contribution is -2.36. The van der Waals surface area contributed by atoms with Crippen LogP contribution in [0.4, 0.5) is 11.6 Å². The highest BCUT2D eigenvalue weighted by Gasteiger charge is 2.17. The number of hydrogen-bond donors (Lipinski definition) is 4. The second-order valence-corrected chi connectivity index (χ2v) is 6.65. The number of nitrogens with zero attached hydrogens (tertiary/aromatic N) is 3. The van der Waals surface area contributed by atoms with E-state index in [2.05, 4.69) is 20.3 Å². The first-order valence-corrected chi connectivity index (χ1v) is 8.74. The number of benzene rings is 1. The van der Waals surface area contributed by atoms with Crippen molar-refractivity contribution in [1.82, 2.24) is 15.0 Å². The minimum absolute atomic E-state index is 0.00201. The van der Waals surface area contributed by atoms with Crippen LogP contribution in [0.25, 0.3) is 5.95 Å². The van der Waals surface area contributed by atoms with E-state index in [0.29, 0.717) is 5.69 Å². The molecule has 0 amide bonds. The van der Waals surface area contributed by atoms with Gasteiger partial charge in [0.15, 0.2) is 0 Å². The third-order valence-electron chi connectivity index (χ3n) is 3.33. The van der Waals surface area contributed by atoms with E-state index < -0.39 is 21.8 Å². The molecule has 12 heteroatoms. The maximum Gasteiger partial charge on any atom is 0.446 e. The van der Waals surface area contributed by atoms with Gasteiger partial charge in [-0.1, -0.05) is 0 Å². The van der Waals surface area contributed by atoms with Crippen LogP contribution in [0, 0.1) is 0 Å². The second kappa shape index (κ2) is 6.93. The highest BCUT2D eigenvalue weighted by atomic mass is 32.2. The predicted molar refractivity (Wildman–Crippen MR) is 90.7 cm³/mol. The van der Waals surface area contributed by atoms with Crippen LogP contribution in [-0.4, -0.2) is 39.0 Å². The van der Waals surface area contributed by atoms with E-state index in [1.54, 1.807) is 0 Å². The number of H-pyrrole nitrogens is 1. The molecule has 138 valence electrons. The van der Waals surface area contributed by atoms with E-state index in [1.165, 1.54) is 53.4 Å². The number of aromatic carboxylic acids is 1. The molecule has 0 saturated heterocycles. The maximum absolute atomic E-state index is 11.8. The predicted octanol–water partition coefficient (Wildman–Crippen LogP) is 0.130. The number of anilines is 2. The van der Waals surface area contributed by atoms with Crippen molar-refractivity contribution in [3.63, 3.8) is 0 Å². The molecule has 0 spiro atoms. The Morgan fingerprint density at radius 3 is 2.48 bits per heavy atom. The van der Waals surface area contributed by atoms with Crippen LogP contribution >= 0.6 is 0 Å². The van der Waals surface area contributed by atoms with E-state index in [0.717, 1.165) is 0 Å². The van der Waals surface area contributed by atoms with Crippen molar-refractivity contribution in [3.05, 3.63) is 64.8 Å². The van der Waals surface area contributed by atoms with Crippen LogP contribution < -0.4 is 15.6 Å². The van der Waals surface area contributed by atoms with Gasteiger partial charge >= 0.3 is 17.6 Å². The van der Waals surface area contributed by atoms with Crippen molar-refractivity contribution in [3.8, 4) is 5.95 Å². The molecule has 1 aromatic carbocycles. The molecule has 3 rings (SSSR count). The Morgan fingerprint density at radius 1 is 1.15 bits per heavy atom. The third kappa shape index (κ3) is 4.31. The maximum atomic E-state index is 11.8. The Morgan fingerprint density at radius 2 is 1.85 bits per heavy atom. The number of carbonyl (C=O) groups is 1. The van der Waals surface area contributed by atoms with Gasteiger partial charge in [-0.3, -0.25) is 4.55 Å². The molecule has 0 fully saturated rings. The van der Waals surface area contributed by atoms with Gasteiger partial charge in [-0.15, -0.1) is 0 Å². The van der Waals surface area contributed by atoms with Crippen LogP contribution in [0.3, 0.4) is 0 Å². The van der Waals surface area contributed by atoms with Crippen LogP contribution in [-0.2, 0) is 10.1 Å². The van der Waals surface area contributed by atoms with Gasteiger partial charge in [-0.2, -0.15) is 8.42 Å². The van der Waals surface area contributed by atoms with Gasteiger partial charge in [0.1, 0.15) is 0 Å². The molecule has 0 radical (unpaired) electrons. The fraction of sp³-hybridized carbons (Fsp3) is 0. The van der Waals surface area contributed by atoms with Gasteiger partial charge in [0.2, 0.25) is 0 Å². The second-order valence-electron chi connectivity index (χ2n) is 5.23. The van der Waals surface area contributed by atoms with E-state index >= 15 is 0 Å². The molecule has 0 bridgehead atoms. The molecule has 27 heavy (non-hydrogen) atoms. The summed E-state index contributed by atoms with van der Waals surface area (Å²) in [6.45, 7) is 0. The topological polar surface area (TPSA) is 166 Å². The lowest BCUT2D eigenvalue weighted by atomic mass is 10.3. The third-order valence-corrected chi connectivity index (χ3v) is 4.20. The normalized spacial score (nSPS) is 11.1. The SMILES string of the molecule is O=C(O)c1ccc[n+](-c2nc(Nc3ccc(S(=O)(=O)O)cc3)[nH]c(=O)n2)c1. The van der Waals surface area contributed by atoms with Gasteiger partial charge in [0.25, 0.3) is 16.1 Å². The highest BCUT2D eigenvalue weighted by molar-refractivity contribution is 7.85. The smallest absolute Gasteiger partial charge is 0.446 e. The zero-order valence-corrected chi connectivity index (χ0v) is 14.2. The Kier molecular flexibility index (Phi) is 4.66. The van der Waals surface area contributed by atoms with Gasteiger partial charge in [0, 0.05) is 5.69 Å². The quantitative estimate of drug-likeness (QED) is 0.350. The Bertz CT molecular complexity index is 1170. The minimum atomic E-state index is -4.32. The van der Waals surface area contributed by atoms with Crippen LogP contribution in [0.2, 0.25) is 0 Å². The molecule has 3 aromatic rings. The molecule has 4 N–H and O–H groups in total. The van der Waals surface area contributed by atoms with Gasteiger partial charge < -0.3 is 10.4 Å². The lowest BCUT2D eigenvalue weighted by Gasteiger charge is -2.04. The molecule has 2 heterocycles. The fourth-order valence-corrected chi connectivity index (χ4v) is 2.60. The minimum Gasteiger partial charge on any atom is -0.478 e. The lowest BCUT2D eigenvalue weighted by molar-refractivity contribution is -0.603. The summed E-state index contributed by atoms with van der Waals surface area (Å²) in [4.78, 5) is 32.7. The first-order chi connectivity index (χ1) is 12.7. The standard InChI is InChI=1S/C15H11N5O6S/c21-12(22)9-2-1-7-20(8-9)14-17-13(18-15(23)19-14)16-10-3-5-11(6-4-10)27(24,25)26/h1-8H,(H3-,16,17,18,19,21,22,23,24,25,26)/p+1. The summed E-state index contributed by atoms with van der Waals surface area (Å²) in [6, 6.07) is 7.91. The summed E-state index contributed by atoms with van der Waals surface area (Å²) in [5, 5.41) is 11.8. The molecule has 11 nitrogen and oxygen atoms in total. The number of nitrogens with one attached hydrogen (secondary N) is 2. The highest BCUT2D eigenvalue weighted by Crippen LogP contribution is 2.16. The molecule has 0 unspecified atom stereocenters. The van der Waals surface area contributed by atoms with Crippen molar-refractivity contribution < 1.29 is 27.4 Å². The summed E-state index contributed by atoms with van der Waals surface area (Å²) in [6.07, 6.45) is 2.73. The Hall–Kier alpha value is -3.64. The zero-order valence-electron chi connectivity index (χ0n) is 13.4. The van der Waals surface area contributed by atoms with Crippen molar-refractivity contribution in [2.75, 3.05) is 5.32 Å². The van der Waals surface area contributed by atoms with Crippen LogP contribution in [0.5, 0.6) is 0 Å². The molecule has 0 atom stereocenters. The fourth-order valence-electron chi connectivity index (χ4n) is 2.12. The van der Waals surface area contributed by atoms with E-state index in [9.17, 15) is 18.0 Å². The molecular formula is C15H12N5O6S+. The van der Waals surface area contributed by atoms with Gasteiger partial charge in [0.05, 0.1) is 22.9 Å². The van der Waals surface area contributed by atoms with Crippen molar-refractivity contribution in [2.45, 2.75) is 4.90 Å². The first-order valence-electron chi connectivity index (χ1n) is 7.30. The number of hydrogen-bond acceptors (Lipinski definition) is 7. The largest absolute Gasteiger partial charge is 0.478 e. The number of pyridine rings is 1. The van der Waals surface area contributed by atoms with Crippen molar-refractivity contribution >= 4 is 27.7 Å². The molecule has 0 saturated carbocycles. The number of carboxylic acids is 1. The number of aromatic nitrogens is 4.